The Hall–Kier alpha value is -3.78. The van der Waals surface area contributed by atoms with Crippen molar-refractivity contribution in [3.05, 3.63) is 76.4 Å². The van der Waals surface area contributed by atoms with E-state index in [1.54, 1.807) is 34.6 Å². The second-order valence-electron chi connectivity index (χ2n) is 13.5. The molecule has 2 aliphatic carbocycles. The molecule has 0 saturated carbocycles. The molecule has 0 aromatic heterocycles. The third-order valence-electron chi connectivity index (χ3n) is 8.58. The second-order valence-corrected chi connectivity index (χ2v) is 13.5. The van der Waals surface area contributed by atoms with Gasteiger partial charge in [-0.3, -0.25) is 4.90 Å². The Bertz CT molecular complexity index is 1460. The molecule has 1 heterocycles. The van der Waals surface area contributed by atoms with Crippen molar-refractivity contribution in [1.82, 2.24) is 4.90 Å². The van der Waals surface area contributed by atoms with Gasteiger partial charge in [-0.25, -0.2) is 9.59 Å². The minimum atomic E-state index is -1.17. The number of carbonyl (C=O) groups excluding carboxylic acids is 2. The number of hydrogen-bond acceptors (Lipinski definition) is 7. The third kappa shape index (κ3) is 5.06. The predicted octanol–water partition coefficient (Wildman–Crippen LogP) is 6.76. The number of nitrogens with zero attached hydrogens (tertiary/aromatic N) is 1. The molecule has 1 saturated heterocycles. The highest BCUT2D eigenvalue weighted by Gasteiger charge is 2.56. The van der Waals surface area contributed by atoms with Crippen LogP contribution >= 0.6 is 0 Å². The molecular weight excluding hydrogens is 534 g/mol. The first-order chi connectivity index (χ1) is 19.5. The summed E-state index contributed by atoms with van der Waals surface area (Å²) >= 11 is 0. The number of amides is 1. The molecule has 8 nitrogen and oxygen atoms in total. The molecule has 4 atom stereocenters. The molecule has 2 aromatic carbocycles. The van der Waals surface area contributed by atoms with Crippen molar-refractivity contribution in [2.24, 2.45) is 5.92 Å². The van der Waals surface area contributed by atoms with Crippen LogP contribution in [0.25, 0.3) is 6.08 Å². The largest absolute Gasteiger partial charge is 0.508 e. The van der Waals surface area contributed by atoms with Crippen molar-refractivity contribution in [1.29, 1.82) is 0 Å². The number of aromatic hydroxyl groups is 2. The van der Waals surface area contributed by atoms with Crippen LogP contribution in [0.2, 0.25) is 0 Å². The van der Waals surface area contributed by atoms with Gasteiger partial charge in [0.2, 0.25) is 0 Å². The number of esters is 1. The van der Waals surface area contributed by atoms with E-state index in [1.807, 2.05) is 57.2 Å². The average Bonchev–Trinajstić information content (AvgIpc) is 3.18. The summed E-state index contributed by atoms with van der Waals surface area (Å²) in [5.74, 6) is -0.510. The van der Waals surface area contributed by atoms with Gasteiger partial charge in [-0.1, -0.05) is 50.3 Å². The van der Waals surface area contributed by atoms with Gasteiger partial charge >= 0.3 is 12.1 Å². The van der Waals surface area contributed by atoms with Gasteiger partial charge in [0.15, 0.2) is 6.10 Å². The maximum atomic E-state index is 14.1. The Morgan fingerprint density at radius 3 is 2.29 bits per heavy atom. The Morgan fingerprint density at radius 2 is 1.64 bits per heavy atom. The van der Waals surface area contributed by atoms with Gasteiger partial charge < -0.3 is 24.4 Å². The van der Waals surface area contributed by atoms with E-state index < -0.39 is 47.1 Å². The van der Waals surface area contributed by atoms with E-state index in [0.29, 0.717) is 17.5 Å². The first-order valence-electron chi connectivity index (χ1n) is 14.4. The van der Waals surface area contributed by atoms with Crippen LogP contribution in [0.3, 0.4) is 0 Å². The number of fused-ring (bicyclic) bond motifs is 2. The monoisotopic (exact) mass is 575 g/mol. The molecule has 1 aliphatic heterocycles. The Kier molecular flexibility index (Phi) is 7.21. The zero-order valence-electron chi connectivity index (χ0n) is 25.6. The molecular formula is C34H41NO7. The second kappa shape index (κ2) is 10.2. The number of hydrogen-bond donors (Lipinski definition) is 2. The maximum Gasteiger partial charge on any atom is 0.413 e. The number of phenolic OH excluding ortho intramolecular Hbond substituents is 2. The molecule has 3 aliphatic rings. The summed E-state index contributed by atoms with van der Waals surface area (Å²) in [6.07, 6.45) is 2.19. The van der Waals surface area contributed by atoms with Crippen molar-refractivity contribution in [2.75, 3.05) is 0 Å². The molecule has 2 aromatic rings. The fraction of sp³-hybridized carbons (Fsp3) is 0.471. The summed E-state index contributed by atoms with van der Waals surface area (Å²) < 4.78 is 18.3. The van der Waals surface area contributed by atoms with Crippen LogP contribution in [0.4, 0.5) is 4.79 Å². The van der Waals surface area contributed by atoms with Crippen molar-refractivity contribution in [3.8, 4) is 11.5 Å². The van der Waals surface area contributed by atoms with Crippen LogP contribution < -0.4 is 0 Å². The highest BCUT2D eigenvalue weighted by molar-refractivity contribution is 5.81. The number of carbonyl (C=O) groups is 2. The fourth-order valence-corrected chi connectivity index (χ4v) is 6.68. The lowest BCUT2D eigenvalue weighted by atomic mass is 9.60. The van der Waals surface area contributed by atoms with Crippen molar-refractivity contribution >= 4 is 18.1 Å². The summed E-state index contributed by atoms with van der Waals surface area (Å²) in [5, 5.41) is 21.5. The molecule has 2 N–H and O–H groups in total. The minimum Gasteiger partial charge on any atom is -0.508 e. The number of benzene rings is 2. The number of rotatable bonds is 3. The number of allylic oxidation sites excluding steroid dienone is 1. The van der Waals surface area contributed by atoms with Gasteiger partial charge in [0.05, 0.1) is 0 Å². The van der Waals surface area contributed by atoms with Crippen LogP contribution in [-0.2, 0) is 24.4 Å². The van der Waals surface area contributed by atoms with Gasteiger partial charge in [-0.15, -0.1) is 0 Å². The molecule has 1 fully saturated rings. The molecule has 8 heteroatoms. The molecule has 1 amide bonds. The lowest BCUT2D eigenvalue weighted by Crippen LogP contribution is -2.47. The third-order valence-corrected chi connectivity index (χ3v) is 8.58. The van der Waals surface area contributed by atoms with Gasteiger partial charge in [-0.2, -0.15) is 0 Å². The Morgan fingerprint density at radius 1 is 1.00 bits per heavy atom. The summed E-state index contributed by atoms with van der Waals surface area (Å²) in [5.41, 5.74) is 1.17. The van der Waals surface area contributed by atoms with E-state index in [2.05, 4.69) is 6.08 Å². The highest BCUT2D eigenvalue weighted by atomic mass is 16.6. The summed E-state index contributed by atoms with van der Waals surface area (Å²) in [6, 6.07) is 11.5. The van der Waals surface area contributed by atoms with Crippen molar-refractivity contribution in [2.45, 2.75) is 96.8 Å². The highest BCUT2D eigenvalue weighted by Crippen LogP contribution is 2.54. The molecule has 1 unspecified atom stereocenters. The van der Waals surface area contributed by atoms with E-state index in [9.17, 15) is 19.8 Å². The number of ether oxygens (including phenoxy) is 3. The molecule has 42 heavy (non-hydrogen) atoms. The van der Waals surface area contributed by atoms with Crippen LogP contribution in [0.15, 0.2) is 59.7 Å². The van der Waals surface area contributed by atoms with Gasteiger partial charge in [0.1, 0.15) is 35.0 Å². The molecule has 0 radical (unpaired) electrons. The molecule has 5 rings (SSSR count). The summed E-state index contributed by atoms with van der Waals surface area (Å²) in [7, 11) is 0. The van der Waals surface area contributed by atoms with Crippen molar-refractivity contribution in [3.63, 3.8) is 0 Å². The molecule has 224 valence electrons. The van der Waals surface area contributed by atoms with E-state index >= 15 is 0 Å². The first kappa shape index (κ1) is 29.7. The van der Waals surface area contributed by atoms with Gasteiger partial charge in [0, 0.05) is 16.5 Å². The first-order valence-corrected chi connectivity index (χ1v) is 14.4. The quantitative estimate of drug-likeness (QED) is 0.237. The SMILES string of the molecule is CC1=CC[C@@H]2C(=Cc3c(O)ccc(O)c3C2(C)C)C1OC(=O)[C@@H]1OC(C)(C)N(C(=O)OC(C)(C)C)[C@H]1c1ccccc1. The normalized spacial score (nSPS) is 26.0. The van der Waals surface area contributed by atoms with E-state index in [4.69, 9.17) is 14.2 Å². The predicted molar refractivity (Wildman–Crippen MR) is 159 cm³/mol. The number of phenols is 2. The van der Waals surface area contributed by atoms with Crippen LogP contribution in [0.5, 0.6) is 11.5 Å². The topological polar surface area (TPSA) is 106 Å². The van der Waals surface area contributed by atoms with Gasteiger partial charge in [0.25, 0.3) is 0 Å². The summed E-state index contributed by atoms with van der Waals surface area (Å²) in [6.45, 7) is 14.8. The standard InChI is InChI=1S/C34H41NO7/c1-19-14-15-23-21(18-22-24(36)16-17-25(37)26(22)33(23,5)6)28(19)40-30(38)29-27(20-12-10-9-11-13-20)35(34(7,8)41-29)31(39)42-32(2,3)4/h9-14,16-18,23,27-29,36-37H,15H2,1-8H3/t23-,27+,28?,29-/m1/s1. The van der Waals surface area contributed by atoms with Crippen LogP contribution in [0.1, 0.15) is 84.5 Å². The Balaban J connectivity index is 1.53. The van der Waals surface area contributed by atoms with Crippen LogP contribution in [-0.4, -0.2) is 50.7 Å². The van der Waals surface area contributed by atoms with Gasteiger partial charge in [-0.05, 0) is 88.8 Å². The van der Waals surface area contributed by atoms with Crippen molar-refractivity contribution < 1.29 is 34.0 Å². The average molecular weight is 576 g/mol. The summed E-state index contributed by atoms with van der Waals surface area (Å²) in [4.78, 5) is 29.1. The molecule has 0 spiro atoms. The van der Waals surface area contributed by atoms with E-state index in [0.717, 1.165) is 16.7 Å². The Labute approximate surface area is 247 Å². The fourth-order valence-electron chi connectivity index (χ4n) is 6.68. The zero-order chi connectivity index (χ0) is 30.8. The minimum absolute atomic E-state index is 0.0529. The molecule has 0 bridgehead atoms. The zero-order valence-corrected chi connectivity index (χ0v) is 25.6. The van der Waals surface area contributed by atoms with E-state index in [-0.39, 0.29) is 17.4 Å². The smallest absolute Gasteiger partial charge is 0.413 e. The maximum absolute atomic E-state index is 14.1. The lowest BCUT2D eigenvalue weighted by Gasteiger charge is -2.45. The van der Waals surface area contributed by atoms with Crippen LogP contribution in [0, 0.1) is 5.92 Å². The van der Waals surface area contributed by atoms with E-state index in [1.165, 1.54) is 17.0 Å². The lowest BCUT2D eigenvalue weighted by molar-refractivity contribution is -0.164.